The number of ether oxygens (including phenoxy) is 1. The lowest BCUT2D eigenvalue weighted by Crippen LogP contribution is -2.44. The molecule has 34 heavy (non-hydrogen) atoms. The van der Waals surface area contributed by atoms with E-state index in [-0.39, 0.29) is 6.04 Å². The van der Waals surface area contributed by atoms with E-state index in [1.165, 1.54) is 44.5 Å². The second kappa shape index (κ2) is 9.61. The Morgan fingerprint density at radius 2 is 1.88 bits per heavy atom. The second-order valence-corrected chi connectivity index (χ2v) is 10.7. The van der Waals surface area contributed by atoms with E-state index in [9.17, 15) is 0 Å². The molecular weight excluding hydrogens is 424 g/mol. The standard InChI is InChI=1S/C27H40N6O/c1-18(2)29-26(28)23-17-32-14-15-34-25-16-21(7-8-22(25)27(32)30-23)33-11-5-6-24(33)20-9-12-31(13-10-20)19(3)4/h7-8,16-20,24H,5-6,9-15H2,1-4H3,(H2,28,29)/t24-/m1/s1. The van der Waals surface area contributed by atoms with Crippen LogP contribution in [0.2, 0.25) is 0 Å². The number of nitrogens with zero attached hydrogens (tertiary/aromatic N) is 5. The Morgan fingerprint density at radius 1 is 1.09 bits per heavy atom. The summed E-state index contributed by atoms with van der Waals surface area (Å²) in [6, 6.07) is 8.13. The maximum absolute atomic E-state index is 6.22. The molecule has 7 heteroatoms. The van der Waals surface area contributed by atoms with Gasteiger partial charge >= 0.3 is 0 Å². The van der Waals surface area contributed by atoms with Crippen molar-refractivity contribution in [3.63, 3.8) is 0 Å². The molecule has 3 aliphatic rings. The molecule has 1 aromatic carbocycles. The fraction of sp³-hybridized carbons (Fsp3) is 0.630. The van der Waals surface area contributed by atoms with E-state index in [4.69, 9.17) is 15.5 Å². The molecule has 1 atom stereocenters. The highest BCUT2D eigenvalue weighted by Gasteiger charge is 2.35. The smallest absolute Gasteiger partial charge is 0.146 e. The normalized spacial score (nSPS) is 22.1. The first-order valence-electron chi connectivity index (χ1n) is 13.1. The number of benzene rings is 1. The van der Waals surface area contributed by atoms with Crippen molar-refractivity contribution in [3.05, 3.63) is 30.1 Å². The molecule has 184 valence electrons. The first-order chi connectivity index (χ1) is 16.4. The van der Waals surface area contributed by atoms with Crippen molar-refractivity contribution in [2.75, 3.05) is 31.1 Å². The topological polar surface area (TPSA) is 71.9 Å². The fourth-order valence-corrected chi connectivity index (χ4v) is 5.94. The highest BCUT2D eigenvalue weighted by atomic mass is 16.5. The van der Waals surface area contributed by atoms with Crippen LogP contribution in [0, 0.1) is 5.92 Å². The number of hydrogen-bond donors (Lipinski definition) is 1. The minimum Gasteiger partial charge on any atom is -0.491 e. The highest BCUT2D eigenvalue weighted by molar-refractivity contribution is 5.96. The Labute approximate surface area is 204 Å². The molecule has 2 N–H and O–H groups in total. The molecule has 0 aliphatic carbocycles. The van der Waals surface area contributed by atoms with Crippen molar-refractivity contribution in [1.82, 2.24) is 14.5 Å². The Kier molecular flexibility index (Phi) is 6.56. The predicted octanol–water partition coefficient (Wildman–Crippen LogP) is 4.15. The van der Waals surface area contributed by atoms with Crippen molar-refractivity contribution in [3.8, 4) is 17.1 Å². The summed E-state index contributed by atoms with van der Waals surface area (Å²) < 4.78 is 8.36. The molecule has 4 heterocycles. The Morgan fingerprint density at radius 3 is 2.62 bits per heavy atom. The van der Waals surface area contributed by atoms with Crippen molar-refractivity contribution >= 4 is 11.5 Å². The molecule has 0 spiro atoms. The van der Waals surface area contributed by atoms with Crippen LogP contribution >= 0.6 is 0 Å². The number of anilines is 1. The number of likely N-dealkylation sites (tertiary alicyclic amines) is 1. The number of amidine groups is 1. The molecule has 2 saturated heterocycles. The summed E-state index contributed by atoms with van der Waals surface area (Å²) >= 11 is 0. The summed E-state index contributed by atoms with van der Waals surface area (Å²) in [5.74, 6) is 3.11. The van der Waals surface area contributed by atoms with E-state index in [0.29, 0.717) is 24.5 Å². The lowest BCUT2D eigenvalue weighted by molar-refractivity contribution is 0.138. The van der Waals surface area contributed by atoms with Gasteiger partial charge in [0.25, 0.3) is 0 Å². The Hall–Kier alpha value is -2.54. The van der Waals surface area contributed by atoms with Crippen molar-refractivity contribution in [1.29, 1.82) is 0 Å². The molecule has 5 rings (SSSR count). The minimum atomic E-state index is 0.144. The monoisotopic (exact) mass is 464 g/mol. The average Bonchev–Trinajstić information content (AvgIpc) is 3.43. The molecule has 0 bridgehead atoms. The van der Waals surface area contributed by atoms with Gasteiger partial charge in [0.1, 0.15) is 29.7 Å². The van der Waals surface area contributed by atoms with Gasteiger partial charge < -0.3 is 24.8 Å². The number of rotatable bonds is 5. The second-order valence-electron chi connectivity index (χ2n) is 10.7. The van der Waals surface area contributed by atoms with Crippen LogP contribution in [0.1, 0.15) is 59.1 Å². The maximum Gasteiger partial charge on any atom is 0.146 e. The number of aromatic nitrogens is 2. The summed E-state index contributed by atoms with van der Waals surface area (Å²) in [5.41, 5.74) is 9.28. The summed E-state index contributed by atoms with van der Waals surface area (Å²) in [6.07, 6.45) is 7.19. The fourth-order valence-electron chi connectivity index (χ4n) is 5.94. The van der Waals surface area contributed by atoms with Crippen molar-refractivity contribution < 1.29 is 4.74 Å². The van der Waals surface area contributed by atoms with Crippen LogP contribution in [0.3, 0.4) is 0 Å². The molecule has 0 saturated carbocycles. The van der Waals surface area contributed by atoms with Crippen LogP contribution in [0.5, 0.6) is 5.75 Å². The highest BCUT2D eigenvalue weighted by Crippen LogP contribution is 2.39. The largest absolute Gasteiger partial charge is 0.491 e. The molecule has 2 fully saturated rings. The van der Waals surface area contributed by atoms with Crippen LogP contribution in [0.15, 0.2) is 29.4 Å². The van der Waals surface area contributed by atoms with Crippen LogP contribution in [-0.4, -0.2) is 64.7 Å². The number of hydrogen-bond acceptors (Lipinski definition) is 5. The number of nitrogens with two attached hydrogens (primary N) is 1. The van der Waals surface area contributed by atoms with Crippen LogP contribution in [0.4, 0.5) is 5.69 Å². The average molecular weight is 465 g/mol. The summed E-state index contributed by atoms with van der Waals surface area (Å²) in [6.45, 7) is 13.7. The zero-order valence-electron chi connectivity index (χ0n) is 21.2. The summed E-state index contributed by atoms with van der Waals surface area (Å²) in [7, 11) is 0. The van der Waals surface area contributed by atoms with E-state index in [1.807, 2.05) is 20.0 Å². The Balaban J connectivity index is 1.38. The molecular formula is C27H40N6O. The van der Waals surface area contributed by atoms with E-state index in [2.05, 4.69) is 51.4 Å². The Bertz CT molecular complexity index is 1030. The first-order valence-corrected chi connectivity index (χ1v) is 13.1. The molecule has 1 aromatic heterocycles. The van der Waals surface area contributed by atoms with Gasteiger partial charge in [0, 0.05) is 42.6 Å². The van der Waals surface area contributed by atoms with Gasteiger partial charge in [0.15, 0.2) is 0 Å². The van der Waals surface area contributed by atoms with Gasteiger partial charge in [-0.3, -0.25) is 4.99 Å². The molecule has 3 aliphatic heterocycles. The third-order valence-electron chi connectivity index (χ3n) is 7.71. The molecule has 0 unspecified atom stereocenters. The molecule has 0 amide bonds. The van der Waals surface area contributed by atoms with Gasteiger partial charge in [-0.2, -0.15) is 0 Å². The van der Waals surface area contributed by atoms with Gasteiger partial charge in [-0.1, -0.05) is 0 Å². The SMILES string of the molecule is CC(C)N=C(N)c1cn2c(n1)-c1ccc(N3CCC[C@@H]3C3CCN(C(C)C)CC3)cc1OCC2. The van der Waals surface area contributed by atoms with Gasteiger partial charge in [0.05, 0.1) is 12.1 Å². The molecule has 2 aromatic rings. The first kappa shape index (κ1) is 23.2. The van der Waals surface area contributed by atoms with E-state index < -0.39 is 0 Å². The van der Waals surface area contributed by atoms with Gasteiger partial charge in [-0.15, -0.1) is 0 Å². The third kappa shape index (κ3) is 4.54. The summed E-state index contributed by atoms with van der Waals surface area (Å²) in [4.78, 5) is 14.6. The van der Waals surface area contributed by atoms with Gasteiger partial charge in [-0.05, 0) is 84.5 Å². The lowest BCUT2D eigenvalue weighted by atomic mass is 9.87. The van der Waals surface area contributed by atoms with E-state index in [1.54, 1.807) is 0 Å². The van der Waals surface area contributed by atoms with Gasteiger partial charge in [0.2, 0.25) is 0 Å². The number of fused-ring (bicyclic) bond motifs is 3. The quantitative estimate of drug-likeness (QED) is 0.532. The lowest BCUT2D eigenvalue weighted by Gasteiger charge is -2.40. The molecule has 0 radical (unpaired) electrons. The van der Waals surface area contributed by atoms with Crippen molar-refractivity contribution in [2.45, 2.75) is 78.0 Å². The number of aliphatic imine (C=N–C) groups is 1. The zero-order chi connectivity index (χ0) is 23.8. The molecule has 7 nitrogen and oxygen atoms in total. The predicted molar refractivity (Wildman–Crippen MR) is 139 cm³/mol. The van der Waals surface area contributed by atoms with E-state index >= 15 is 0 Å². The van der Waals surface area contributed by atoms with Crippen LogP contribution in [-0.2, 0) is 6.54 Å². The van der Waals surface area contributed by atoms with Crippen LogP contribution < -0.4 is 15.4 Å². The van der Waals surface area contributed by atoms with Crippen LogP contribution in [0.25, 0.3) is 11.4 Å². The summed E-state index contributed by atoms with van der Waals surface area (Å²) in [5, 5.41) is 0. The maximum atomic E-state index is 6.22. The van der Waals surface area contributed by atoms with Crippen molar-refractivity contribution in [2.24, 2.45) is 16.6 Å². The third-order valence-corrected chi connectivity index (χ3v) is 7.71. The van der Waals surface area contributed by atoms with Gasteiger partial charge in [-0.25, -0.2) is 4.98 Å². The number of imidazole rings is 1. The minimum absolute atomic E-state index is 0.144. The van der Waals surface area contributed by atoms with E-state index in [0.717, 1.165) is 41.8 Å². The number of piperidine rings is 1. The zero-order valence-corrected chi connectivity index (χ0v) is 21.2.